The molecule has 8 rings (SSSR count). The first-order valence-electron chi connectivity index (χ1n) is 19.3. The van der Waals surface area contributed by atoms with E-state index < -0.39 is 62.5 Å². The lowest BCUT2D eigenvalue weighted by Gasteiger charge is -2.30. The average Bonchev–Trinajstić information content (AvgIpc) is 4.07. The van der Waals surface area contributed by atoms with Gasteiger partial charge in [0.25, 0.3) is 5.91 Å². The minimum absolute atomic E-state index is 0.0809. The number of amides is 3. The van der Waals surface area contributed by atoms with Crippen LogP contribution in [0.4, 0.5) is 9.52 Å². The Labute approximate surface area is 329 Å². The van der Waals surface area contributed by atoms with Crippen LogP contribution in [-0.4, -0.2) is 94.9 Å². The second-order valence-corrected chi connectivity index (χ2v) is 18.1. The van der Waals surface area contributed by atoms with Crippen LogP contribution in [0.1, 0.15) is 68.9 Å². The van der Waals surface area contributed by atoms with Crippen molar-refractivity contribution in [3.05, 3.63) is 77.1 Å². The highest BCUT2D eigenvalue weighted by Crippen LogP contribution is 2.46. The molecule has 2 saturated carbocycles. The number of rotatable bonds is 10. The molecule has 1 saturated heterocycles. The van der Waals surface area contributed by atoms with Crippen molar-refractivity contribution < 1.29 is 36.8 Å². The van der Waals surface area contributed by atoms with E-state index in [1.54, 1.807) is 5.38 Å². The van der Waals surface area contributed by atoms with Crippen LogP contribution in [0, 0.1) is 11.7 Å². The number of nitrogens with one attached hydrogen (secondary N) is 3. The van der Waals surface area contributed by atoms with Gasteiger partial charge in [0.1, 0.15) is 29.1 Å². The molecule has 0 bridgehead atoms. The monoisotopic (exact) mass is 807 g/mol. The van der Waals surface area contributed by atoms with Crippen LogP contribution in [0.15, 0.2) is 60.1 Å². The van der Waals surface area contributed by atoms with Crippen LogP contribution in [-0.2, 0) is 46.9 Å². The molecule has 5 aliphatic rings. The Morgan fingerprint density at radius 3 is 2.71 bits per heavy atom. The molecular weight excluding hydrogens is 762 g/mol. The van der Waals surface area contributed by atoms with Gasteiger partial charge in [-0.3, -0.25) is 28.9 Å². The first-order valence-corrected chi connectivity index (χ1v) is 21.8. The summed E-state index contributed by atoms with van der Waals surface area (Å²) in [6, 6.07) is 9.31. The molecule has 298 valence electrons. The molecule has 17 heteroatoms. The van der Waals surface area contributed by atoms with Crippen molar-refractivity contribution in [2.24, 2.45) is 5.92 Å². The molecule has 3 fully saturated rings. The summed E-state index contributed by atoms with van der Waals surface area (Å²) in [5.74, 6) is -2.49. The summed E-state index contributed by atoms with van der Waals surface area (Å²) in [5, 5.41) is 9.72. The summed E-state index contributed by atoms with van der Waals surface area (Å²) < 4.78 is 47.6. The molecule has 14 nitrogen and oxygen atoms in total. The highest BCUT2D eigenvalue weighted by atomic mass is 32.2. The molecule has 2 aromatic heterocycles. The van der Waals surface area contributed by atoms with E-state index >= 15 is 0 Å². The number of aromatic nitrogens is 2. The Morgan fingerprint density at radius 1 is 1.07 bits per heavy atom. The van der Waals surface area contributed by atoms with Crippen molar-refractivity contribution in [1.29, 1.82) is 0 Å². The number of carbonyl (C=O) groups excluding carboxylic acids is 3. The minimum atomic E-state index is -3.87. The molecule has 3 aliphatic heterocycles. The maximum atomic E-state index is 14.6. The number of thiazole rings is 1. The molecule has 5 atom stereocenters. The molecule has 0 spiro atoms. The number of sulfonamides is 1. The lowest BCUT2D eigenvalue weighted by molar-refractivity contribution is -0.241. The predicted octanol–water partition coefficient (Wildman–Crippen LogP) is 4.06. The van der Waals surface area contributed by atoms with E-state index in [4.69, 9.17) is 9.57 Å². The number of allylic oxidation sites excluding steroid dienone is 1. The van der Waals surface area contributed by atoms with Gasteiger partial charge in [0, 0.05) is 37.4 Å². The Morgan fingerprint density at radius 2 is 1.91 bits per heavy atom. The fourth-order valence-electron chi connectivity index (χ4n) is 7.80. The van der Waals surface area contributed by atoms with Crippen molar-refractivity contribution in [1.82, 2.24) is 30.0 Å². The van der Waals surface area contributed by atoms with Crippen molar-refractivity contribution in [2.75, 3.05) is 25.2 Å². The number of hydrogen-bond acceptors (Lipinski definition) is 12. The number of fused-ring (bicyclic) bond motifs is 3. The number of benzene rings is 1. The molecule has 3 aromatic rings. The topological polar surface area (TPSA) is 172 Å². The smallest absolute Gasteiger partial charge is 0.259 e. The molecule has 0 unspecified atom stereocenters. The van der Waals surface area contributed by atoms with Crippen LogP contribution >= 0.6 is 11.3 Å². The van der Waals surface area contributed by atoms with Crippen LogP contribution in [0.5, 0.6) is 0 Å². The predicted molar refractivity (Wildman–Crippen MR) is 206 cm³/mol. The van der Waals surface area contributed by atoms with Crippen LogP contribution in [0.3, 0.4) is 0 Å². The third kappa shape index (κ3) is 8.66. The fourth-order valence-corrected chi connectivity index (χ4v) is 9.92. The number of anilines is 1. The maximum Gasteiger partial charge on any atom is 0.259 e. The number of carbonyl (C=O) groups is 3. The van der Waals surface area contributed by atoms with Crippen LogP contribution < -0.4 is 15.4 Å². The number of nitrogens with zero attached hydrogens (tertiary/aromatic N) is 4. The second kappa shape index (κ2) is 16.3. The van der Waals surface area contributed by atoms with Gasteiger partial charge < -0.3 is 20.3 Å². The highest BCUT2D eigenvalue weighted by molar-refractivity contribution is 7.91. The number of halogens is 1. The molecule has 3 amide bonds. The Bertz CT molecular complexity index is 2080. The van der Waals surface area contributed by atoms with Gasteiger partial charge in [-0.05, 0) is 68.2 Å². The zero-order chi connectivity index (χ0) is 38.9. The van der Waals surface area contributed by atoms with Crippen molar-refractivity contribution in [3.8, 4) is 11.4 Å². The van der Waals surface area contributed by atoms with Crippen LogP contribution in [0.2, 0.25) is 0 Å². The van der Waals surface area contributed by atoms with E-state index in [1.165, 1.54) is 39.5 Å². The lowest BCUT2D eigenvalue weighted by atomic mass is 10.0. The highest BCUT2D eigenvalue weighted by Gasteiger charge is 2.62. The molecule has 3 N–H and O–H groups in total. The van der Waals surface area contributed by atoms with Gasteiger partial charge in [-0.2, -0.15) is 5.06 Å². The normalized spacial score (nSPS) is 27.8. The van der Waals surface area contributed by atoms with Gasteiger partial charge in [-0.25, -0.2) is 17.8 Å². The summed E-state index contributed by atoms with van der Waals surface area (Å²) in [6.45, 7) is 1.32. The standard InChI is InChI=1S/C39H46FN7O7S2/c40-28-12-15-31(41-20-28)33-23-55-38(43-33)42-32-11-5-3-1-2-4-10-27-19-39(27,37(50)45-56(51,52)30-13-14-30)44-35(48)34-18-29(22-47(34)36(32)49)53-24-54-46-17-16-25-8-6-7-9-26(25)21-46/h4,6-10,12,15,20,23,27,29-30,32,34H,1-3,5,11,13-14,16-19,21-22,24H2,(H,42,43)(H,44,48)(H,45,50)/b10-4-/t27-,29-,32+,34+,39-/m1/s1. The van der Waals surface area contributed by atoms with Gasteiger partial charge in [-0.1, -0.05) is 49.3 Å². The largest absolute Gasteiger partial charge is 0.350 e. The zero-order valence-electron chi connectivity index (χ0n) is 30.9. The van der Waals surface area contributed by atoms with Crippen molar-refractivity contribution in [2.45, 2.75) is 99.7 Å². The first-order chi connectivity index (χ1) is 27.1. The van der Waals surface area contributed by atoms with E-state index in [1.807, 2.05) is 29.3 Å². The van der Waals surface area contributed by atoms with E-state index in [-0.39, 0.29) is 32.1 Å². The number of ether oxygens (including phenoxy) is 1. The average molecular weight is 808 g/mol. The van der Waals surface area contributed by atoms with E-state index in [0.29, 0.717) is 48.9 Å². The number of pyridine rings is 1. The Hall–Kier alpha value is -4.29. The van der Waals surface area contributed by atoms with E-state index in [9.17, 15) is 27.2 Å². The summed E-state index contributed by atoms with van der Waals surface area (Å²) >= 11 is 1.29. The molecule has 5 heterocycles. The zero-order valence-corrected chi connectivity index (χ0v) is 32.5. The van der Waals surface area contributed by atoms with E-state index in [2.05, 4.69) is 37.5 Å². The van der Waals surface area contributed by atoms with Gasteiger partial charge in [-0.15, -0.1) is 11.3 Å². The minimum Gasteiger partial charge on any atom is -0.350 e. The quantitative estimate of drug-likeness (QED) is 0.199. The summed E-state index contributed by atoms with van der Waals surface area (Å²) in [7, 11) is -3.87. The van der Waals surface area contributed by atoms with Crippen molar-refractivity contribution in [3.63, 3.8) is 0 Å². The summed E-state index contributed by atoms with van der Waals surface area (Å²) in [6.07, 6.45) is 10.2. The molecule has 1 aromatic carbocycles. The summed E-state index contributed by atoms with van der Waals surface area (Å²) in [4.78, 5) is 59.0. The lowest BCUT2D eigenvalue weighted by Crippen LogP contribution is -2.57. The van der Waals surface area contributed by atoms with E-state index in [0.717, 1.165) is 38.3 Å². The van der Waals surface area contributed by atoms with Gasteiger partial charge in [0.2, 0.25) is 21.8 Å². The SMILES string of the molecule is O=C1N[C@]2(C(=O)NS(=O)(=O)C3CC3)C[C@H]2/C=C\CCCCC[C@H](Nc2nc(-c3ccc(F)cn3)cs2)C(=O)N2C[C@H](OCON3CCc4ccccc4C3)C[C@@H]12. The molecule has 2 aliphatic carbocycles. The van der Waals surface area contributed by atoms with Crippen LogP contribution in [0.25, 0.3) is 11.4 Å². The fraction of sp³-hybridized carbons (Fsp3) is 0.513. The third-order valence-corrected chi connectivity index (χ3v) is 13.9. The molecular formula is C39H46FN7O7S2. The second-order valence-electron chi connectivity index (χ2n) is 15.3. The van der Waals surface area contributed by atoms with Gasteiger partial charge >= 0.3 is 0 Å². The summed E-state index contributed by atoms with van der Waals surface area (Å²) in [5.41, 5.74) is 2.03. The first kappa shape index (κ1) is 38.6. The third-order valence-electron chi connectivity index (χ3n) is 11.3. The van der Waals surface area contributed by atoms with Gasteiger partial charge in [0.05, 0.1) is 23.2 Å². The van der Waals surface area contributed by atoms with Gasteiger partial charge in [0.15, 0.2) is 11.9 Å². The maximum absolute atomic E-state index is 14.6. The Balaban J connectivity index is 1.02. The molecule has 0 radical (unpaired) electrons. The Kier molecular flexibility index (Phi) is 11.2. The number of hydroxylamine groups is 2. The molecule has 56 heavy (non-hydrogen) atoms. The van der Waals surface area contributed by atoms with Crippen molar-refractivity contribution >= 4 is 44.2 Å². The number of hydrogen-bond donors (Lipinski definition) is 3.